The summed E-state index contributed by atoms with van der Waals surface area (Å²) in [6.45, 7) is 2.63. The van der Waals surface area contributed by atoms with E-state index in [2.05, 4.69) is 16.1 Å². The van der Waals surface area contributed by atoms with Crippen molar-refractivity contribution >= 4 is 28.4 Å². The summed E-state index contributed by atoms with van der Waals surface area (Å²) < 4.78 is 17.4. The number of ether oxygens (including phenoxy) is 3. The first kappa shape index (κ1) is 23.3. The third kappa shape index (κ3) is 6.80. The Bertz CT molecular complexity index is 971. The number of para-hydroxylation sites is 1. The van der Waals surface area contributed by atoms with Crippen LogP contribution in [0.15, 0.2) is 36.7 Å². The molecule has 0 bridgehead atoms. The largest absolute Gasteiger partial charge is 0.382 e. The lowest BCUT2D eigenvalue weighted by Crippen LogP contribution is -2.35. The van der Waals surface area contributed by atoms with Crippen LogP contribution in [0, 0.1) is 0 Å². The third-order valence-electron chi connectivity index (χ3n) is 4.90. The number of nitrogens with zero attached hydrogens (tertiary/aromatic N) is 3. The van der Waals surface area contributed by atoms with E-state index in [-0.39, 0.29) is 12.5 Å². The molecule has 0 unspecified atom stereocenters. The maximum absolute atomic E-state index is 12.9. The van der Waals surface area contributed by atoms with Crippen molar-refractivity contribution in [2.45, 2.75) is 13.0 Å². The summed E-state index contributed by atoms with van der Waals surface area (Å²) in [5.41, 5.74) is 2.91. The Kier molecular flexibility index (Phi) is 8.90. The van der Waals surface area contributed by atoms with Crippen molar-refractivity contribution in [3.63, 3.8) is 0 Å². The van der Waals surface area contributed by atoms with E-state index in [0.717, 1.165) is 16.5 Å². The zero-order valence-corrected chi connectivity index (χ0v) is 18.7. The Morgan fingerprint density at radius 2 is 1.97 bits per heavy atom. The topological polar surface area (TPSA) is 81.6 Å². The molecule has 9 heteroatoms. The molecule has 1 amide bonds. The summed E-state index contributed by atoms with van der Waals surface area (Å²) in [6, 6.07) is 8.13. The Balaban J connectivity index is 1.59. The highest BCUT2D eigenvalue weighted by Crippen LogP contribution is 2.20. The molecule has 8 nitrogen and oxygen atoms in total. The zero-order valence-electron chi connectivity index (χ0n) is 18.0. The minimum Gasteiger partial charge on any atom is -0.382 e. The summed E-state index contributed by atoms with van der Waals surface area (Å²) in [5, 5.41) is 6.08. The highest BCUT2D eigenvalue weighted by molar-refractivity contribution is 6.31. The van der Waals surface area contributed by atoms with E-state index in [9.17, 15) is 4.79 Å². The fraction of sp³-hybridized carbons (Fsp3) is 0.455. The Morgan fingerprint density at radius 3 is 2.74 bits per heavy atom. The van der Waals surface area contributed by atoms with Crippen molar-refractivity contribution in [2.24, 2.45) is 7.05 Å². The van der Waals surface area contributed by atoms with Gasteiger partial charge in [0.2, 0.25) is 5.91 Å². The minimum absolute atomic E-state index is 0.0219. The van der Waals surface area contributed by atoms with Crippen molar-refractivity contribution < 1.29 is 19.0 Å². The molecule has 0 saturated heterocycles. The molecule has 2 aromatic heterocycles. The van der Waals surface area contributed by atoms with Gasteiger partial charge in [0.15, 0.2) is 0 Å². The second-order valence-corrected chi connectivity index (χ2v) is 7.59. The third-order valence-corrected chi connectivity index (χ3v) is 5.22. The quantitative estimate of drug-likeness (QED) is 0.407. The van der Waals surface area contributed by atoms with Gasteiger partial charge in [0, 0.05) is 44.0 Å². The van der Waals surface area contributed by atoms with Crippen LogP contribution in [0.5, 0.6) is 0 Å². The van der Waals surface area contributed by atoms with Crippen LogP contribution < -0.4 is 0 Å². The van der Waals surface area contributed by atoms with Gasteiger partial charge in [0.25, 0.3) is 0 Å². The summed E-state index contributed by atoms with van der Waals surface area (Å²) >= 11 is 6.27. The molecule has 168 valence electrons. The highest BCUT2D eigenvalue weighted by atomic mass is 35.5. The molecule has 0 atom stereocenters. The van der Waals surface area contributed by atoms with Crippen molar-refractivity contribution in [2.75, 3.05) is 46.7 Å². The summed E-state index contributed by atoms with van der Waals surface area (Å²) in [7, 11) is 3.43. The van der Waals surface area contributed by atoms with Gasteiger partial charge >= 0.3 is 0 Å². The average Bonchev–Trinajstić information content (AvgIpc) is 3.32. The van der Waals surface area contributed by atoms with Gasteiger partial charge in [-0.1, -0.05) is 29.8 Å². The summed E-state index contributed by atoms with van der Waals surface area (Å²) in [5.74, 6) is -0.113. The summed E-state index contributed by atoms with van der Waals surface area (Å²) in [6.07, 6.45) is 4.43. The molecular formula is C22H29ClN4O4. The van der Waals surface area contributed by atoms with Crippen molar-refractivity contribution in [1.29, 1.82) is 0 Å². The number of hydrogen-bond donors (Lipinski definition) is 1. The number of nitrogens with one attached hydrogen (secondary N) is 1. The number of fused-ring (bicyclic) bond motifs is 1. The number of halogens is 1. The predicted octanol–water partition coefficient (Wildman–Crippen LogP) is 2.81. The number of benzene rings is 1. The van der Waals surface area contributed by atoms with Crippen LogP contribution in [0.2, 0.25) is 5.02 Å². The number of hydrogen-bond acceptors (Lipinski definition) is 5. The van der Waals surface area contributed by atoms with E-state index in [1.807, 2.05) is 24.4 Å². The first-order chi connectivity index (χ1) is 15.1. The molecule has 0 aliphatic heterocycles. The molecule has 2 heterocycles. The lowest BCUT2D eigenvalue weighted by atomic mass is 10.1. The summed E-state index contributed by atoms with van der Waals surface area (Å²) in [4.78, 5) is 17.9. The van der Waals surface area contributed by atoms with E-state index in [1.54, 1.807) is 29.9 Å². The monoisotopic (exact) mass is 448 g/mol. The number of methoxy groups -OCH3 is 1. The van der Waals surface area contributed by atoms with Gasteiger partial charge in [-0.2, -0.15) is 5.10 Å². The van der Waals surface area contributed by atoms with E-state index >= 15 is 0 Å². The first-order valence-corrected chi connectivity index (χ1v) is 10.6. The van der Waals surface area contributed by atoms with Crippen LogP contribution in [0.25, 0.3) is 10.9 Å². The lowest BCUT2D eigenvalue weighted by molar-refractivity contribution is -0.137. The Hall–Kier alpha value is -2.39. The molecule has 0 radical (unpaired) electrons. The van der Waals surface area contributed by atoms with E-state index < -0.39 is 0 Å². The number of carbonyl (C=O) groups excluding carboxylic acids is 1. The highest BCUT2D eigenvalue weighted by Gasteiger charge is 2.18. The molecule has 0 spiro atoms. The van der Waals surface area contributed by atoms with Crippen molar-refractivity contribution in [3.05, 3.63) is 52.9 Å². The van der Waals surface area contributed by atoms with Gasteiger partial charge < -0.3 is 24.1 Å². The van der Waals surface area contributed by atoms with Crippen LogP contribution in [-0.2, 0) is 39.0 Å². The number of H-pyrrole nitrogens is 1. The fourth-order valence-electron chi connectivity index (χ4n) is 3.29. The second kappa shape index (κ2) is 11.9. The molecule has 0 aliphatic rings. The Morgan fingerprint density at radius 1 is 1.19 bits per heavy atom. The first-order valence-electron chi connectivity index (χ1n) is 10.2. The molecule has 0 fully saturated rings. The number of aromatic nitrogens is 3. The van der Waals surface area contributed by atoms with Gasteiger partial charge in [-0.15, -0.1) is 0 Å². The molecule has 1 aromatic carbocycles. The number of aryl methyl sites for hydroxylation is 1. The standard InChI is InChI=1S/C22H29ClN4O4/c1-26-14-19(23)21(25-26)15-27(22(28)16-31-12-11-30-10-9-29-2)8-7-17-13-24-20-6-4-3-5-18(17)20/h3-6,13-14,24H,7-12,15-16H2,1-2H3. The fourth-order valence-corrected chi connectivity index (χ4v) is 3.53. The minimum atomic E-state index is -0.113. The maximum Gasteiger partial charge on any atom is 0.248 e. The normalized spacial score (nSPS) is 11.3. The van der Waals surface area contributed by atoms with Crippen LogP contribution >= 0.6 is 11.6 Å². The average molecular weight is 449 g/mol. The molecule has 3 rings (SSSR count). The zero-order chi connectivity index (χ0) is 22.1. The van der Waals surface area contributed by atoms with Crippen molar-refractivity contribution in [3.8, 4) is 0 Å². The Labute approximate surface area is 187 Å². The number of amides is 1. The van der Waals surface area contributed by atoms with Crippen LogP contribution in [0.3, 0.4) is 0 Å². The number of rotatable bonds is 13. The molecule has 0 saturated carbocycles. The van der Waals surface area contributed by atoms with Gasteiger partial charge in [-0.05, 0) is 18.1 Å². The molecule has 0 aliphatic carbocycles. The van der Waals surface area contributed by atoms with Crippen LogP contribution in [-0.4, -0.2) is 72.3 Å². The van der Waals surface area contributed by atoms with E-state index in [0.29, 0.717) is 56.7 Å². The van der Waals surface area contributed by atoms with Gasteiger partial charge in [0.1, 0.15) is 12.3 Å². The number of carbonyl (C=O) groups is 1. The van der Waals surface area contributed by atoms with Gasteiger partial charge in [-0.3, -0.25) is 9.48 Å². The molecule has 1 N–H and O–H groups in total. The lowest BCUT2D eigenvalue weighted by Gasteiger charge is -2.22. The second-order valence-electron chi connectivity index (χ2n) is 7.18. The van der Waals surface area contributed by atoms with Gasteiger partial charge in [-0.25, -0.2) is 0 Å². The molecular weight excluding hydrogens is 420 g/mol. The van der Waals surface area contributed by atoms with Gasteiger partial charge in [0.05, 0.1) is 38.0 Å². The van der Waals surface area contributed by atoms with E-state index in [4.69, 9.17) is 25.8 Å². The van der Waals surface area contributed by atoms with E-state index in [1.165, 1.54) is 0 Å². The SMILES string of the molecule is COCCOCCOCC(=O)N(CCc1c[nH]c2ccccc12)Cc1nn(C)cc1Cl. The number of aromatic amines is 1. The smallest absolute Gasteiger partial charge is 0.248 e. The van der Waals surface area contributed by atoms with Crippen LogP contribution in [0.4, 0.5) is 0 Å². The van der Waals surface area contributed by atoms with Crippen LogP contribution in [0.1, 0.15) is 11.3 Å². The van der Waals surface area contributed by atoms with Crippen molar-refractivity contribution in [1.82, 2.24) is 19.7 Å². The molecule has 31 heavy (non-hydrogen) atoms. The predicted molar refractivity (Wildman–Crippen MR) is 119 cm³/mol. The molecule has 3 aromatic rings. The maximum atomic E-state index is 12.9.